The summed E-state index contributed by atoms with van der Waals surface area (Å²) in [5.74, 6) is -0.0852. The molecule has 0 radical (unpaired) electrons. The van der Waals surface area contributed by atoms with Crippen LogP contribution < -0.4 is 0 Å². The molecule has 82 valence electrons. The summed E-state index contributed by atoms with van der Waals surface area (Å²) < 4.78 is 0. The van der Waals surface area contributed by atoms with Gasteiger partial charge in [-0.15, -0.1) is 0 Å². The van der Waals surface area contributed by atoms with E-state index in [-0.39, 0.29) is 17.5 Å². The Hall–Kier alpha value is -0.960. The molecular formula is C13H11BrO2. The van der Waals surface area contributed by atoms with Crippen LogP contribution in [0.4, 0.5) is 0 Å². The number of benzene rings is 1. The van der Waals surface area contributed by atoms with Gasteiger partial charge in [-0.05, 0) is 18.8 Å². The van der Waals surface area contributed by atoms with E-state index in [0.717, 1.165) is 12.8 Å². The maximum absolute atomic E-state index is 12.1. The van der Waals surface area contributed by atoms with Crippen molar-refractivity contribution in [2.45, 2.75) is 17.7 Å². The van der Waals surface area contributed by atoms with Gasteiger partial charge >= 0.3 is 0 Å². The minimum absolute atomic E-state index is 0.0324. The van der Waals surface area contributed by atoms with Crippen molar-refractivity contribution in [2.24, 2.45) is 11.8 Å². The molecule has 0 aromatic heterocycles. The van der Waals surface area contributed by atoms with Gasteiger partial charge in [0.05, 0.1) is 5.92 Å². The lowest BCUT2D eigenvalue weighted by atomic mass is 9.74. The van der Waals surface area contributed by atoms with Crippen molar-refractivity contribution in [3.05, 3.63) is 35.4 Å². The van der Waals surface area contributed by atoms with Crippen molar-refractivity contribution in [1.82, 2.24) is 0 Å². The van der Waals surface area contributed by atoms with E-state index in [4.69, 9.17) is 0 Å². The third kappa shape index (κ3) is 1.31. The molecule has 0 aliphatic heterocycles. The Morgan fingerprint density at radius 2 is 1.50 bits per heavy atom. The normalized spacial score (nSPS) is 29.1. The van der Waals surface area contributed by atoms with Gasteiger partial charge in [-0.1, -0.05) is 40.2 Å². The monoisotopic (exact) mass is 278 g/mol. The Kier molecular flexibility index (Phi) is 2.25. The molecule has 0 unspecified atom stereocenters. The molecule has 2 nitrogen and oxygen atoms in total. The molecule has 0 spiro atoms. The first-order valence-electron chi connectivity index (χ1n) is 5.50. The zero-order chi connectivity index (χ0) is 11.3. The van der Waals surface area contributed by atoms with Crippen molar-refractivity contribution < 1.29 is 9.59 Å². The number of carbonyl (C=O) groups is 2. The maximum Gasteiger partial charge on any atom is 0.174 e. The molecule has 3 heteroatoms. The second-order valence-corrected chi connectivity index (χ2v) is 5.88. The number of Topliss-reactive ketones (excluding diaryl/α,β-unsaturated/α-hetero) is 2. The van der Waals surface area contributed by atoms with Crippen LogP contribution in [-0.2, 0) is 0 Å². The largest absolute Gasteiger partial charge is 0.293 e. The number of rotatable bonds is 1. The van der Waals surface area contributed by atoms with Gasteiger partial charge in [0, 0.05) is 16.0 Å². The third-order valence-corrected chi connectivity index (χ3v) is 4.36. The highest BCUT2D eigenvalue weighted by Gasteiger charge is 2.46. The van der Waals surface area contributed by atoms with E-state index in [1.165, 1.54) is 0 Å². The van der Waals surface area contributed by atoms with Gasteiger partial charge < -0.3 is 0 Å². The minimum Gasteiger partial charge on any atom is -0.293 e. The maximum atomic E-state index is 12.1. The minimum atomic E-state index is -0.397. The molecule has 0 amide bonds. The van der Waals surface area contributed by atoms with Crippen molar-refractivity contribution in [2.75, 3.05) is 0 Å². The first-order chi connectivity index (χ1) is 7.68. The Balaban J connectivity index is 1.96. The summed E-state index contributed by atoms with van der Waals surface area (Å²) in [5, 5.41) is 0. The molecule has 2 aliphatic rings. The zero-order valence-electron chi connectivity index (χ0n) is 8.65. The van der Waals surface area contributed by atoms with E-state index in [1.807, 2.05) is 12.1 Å². The van der Waals surface area contributed by atoms with Crippen LogP contribution in [0.5, 0.6) is 0 Å². The van der Waals surface area contributed by atoms with Crippen LogP contribution in [0.3, 0.4) is 0 Å². The summed E-state index contributed by atoms with van der Waals surface area (Å²) >= 11 is 3.50. The molecule has 0 saturated heterocycles. The smallest absolute Gasteiger partial charge is 0.174 e. The summed E-state index contributed by atoms with van der Waals surface area (Å²) in [4.78, 5) is 24.7. The fourth-order valence-corrected chi connectivity index (χ4v) is 3.62. The average molecular weight is 279 g/mol. The first-order valence-corrected chi connectivity index (χ1v) is 6.41. The Bertz CT molecular complexity index is 440. The van der Waals surface area contributed by atoms with Crippen molar-refractivity contribution >= 4 is 27.5 Å². The molecule has 16 heavy (non-hydrogen) atoms. The quantitative estimate of drug-likeness (QED) is 0.585. The SMILES string of the molecule is O=C1c2ccccc2C(=O)C1C1CC(Br)C1. The van der Waals surface area contributed by atoms with Crippen LogP contribution in [0.15, 0.2) is 24.3 Å². The molecule has 0 atom stereocenters. The van der Waals surface area contributed by atoms with Gasteiger partial charge in [0.25, 0.3) is 0 Å². The van der Waals surface area contributed by atoms with Crippen molar-refractivity contribution in [3.8, 4) is 0 Å². The van der Waals surface area contributed by atoms with Crippen LogP contribution in [0.25, 0.3) is 0 Å². The fraction of sp³-hybridized carbons (Fsp3) is 0.385. The lowest BCUT2D eigenvalue weighted by molar-refractivity contribution is 0.0732. The van der Waals surface area contributed by atoms with Crippen molar-refractivity contribution in [1.29, 1.82) is 0 Å². The van der Waals surface area contributed by atoms with Gasteiger partial charge in [-0.3, -0.25) is 9.59 Å². The summed E-state index contributed by atoms with van der Waals surface area (Å²) in [6.45, 7) is 0. The van der Waals surface area contributed by atoms with Gasteiger partial charge in [0.15, 0.2) is 11.6 Å². The molecule has 3 rings (SSSR count). The number of hydrogen-bond acceptors (Lipinski definition) is 2. The van der Waals surface area contributed by atoms with Gasteiger partial charge in [0.1, 0.15) is 0 Å². The fourth-order valence-electron chi connectivity index (χ4n) is 2.66. The highest BCUT2D eigenvalue weighted by Crippen LogP contribution is 2.43. The predicted molar refractivity (Wildman–Crippen MR) is 64.0 cm³/mol. The summed E-state index contributed by atoms with van der Waals surface area (Å²) in [5.41, 5.74) is 1.24. The molecule has 0 N–H and O–H groups in total. The van der Waals surface area contributed by atoms with E-state index in [9.17, 15) is 9.59 Å². The summed E-state index contributed by atoms with van der Waals surface area (Å²) in [6, 6.07) is 7.17. The number of hydrogen-bond donors (Lipinski definition) is 0. The lowest BCUT2D eigenvalue weighted by Gasteiger charge is -2.34. The number of alkyl halides is 1. The van der Waals surface area contributed by atoms with E-state index < -0.39 is 5.92 Å². The van der Waals surface area contributed by atoms with Crippen LogP contribution in [0, 0.1) is 11.8 Å². The highest BCUT2D eigenvalue weighted by molar-refractivity contribution is 9.09. The molecule has 1 aromatic carbocycles. The number of carbonyl (C=O) groups excluding carboxylic acids is 2. The number of ketones is 2. The Morgan fingerprint density at radius 1 is 1.00 bits per heavy atom. The lowest BCUT2D eigenvalue weighted by Crippen LogP contribution is -2.36. The van der Waals surface area contributed by atoms with E-state index in [2.05, 4.69) is 15.9 Å². The summed E-state index contributed by atoms with van der Waals surface area (Å²) in [6.07, 6.45) is 1.88. The molecule has 0 bridgehead atoms. The third-order valence-electron chi connectivity index (χ3n) is 3.61. The van der Waals surface area contributed by atoms with Crippen LogP contribution in [0.1, 0.15) is 33.6 Å². The molecule has 2 aliphatic carbocycles. The number of halogens is 1. The first kappa shape index (κ1) is 10.2. The van der Waals surface area contributed by atoms with Crippen LogP contribution in [0.2, 0.25) is 0 Å². The molecule has 0 heterocycles. The average Bonchev–Trinajstić information content (AvgIpc) is 2.49. The molecular weight excluding hydrogens is 268 g/mol. The van der Waals surface area contributed by atoms with E-state index in [1.54, 1.807) is 12.1 Å². The van der Waals surface area contributed by atoms with Gasteiger partial charge in [0.2, 0.25) is 0 Å². The zero-order valence-corrected chi connectivity index (χ0v) is 10.2. The van der Waals surface area contributed by atoms with Crippen LogP contribution >= 0.6 is 15.9 Å². The highest BCUT2D eigenvalue weighted by atomic mass is 79.9. The standard InChI is InChI=1S/C13H11BrO2/c14-8-5-7(6-8)11-12(15)9-3-1-2-4-10(9)13(11)16/h1-4,7-8,11H,5-6H2. The molecule has 1 fully saturated rings. The van der Waals surface area contributed by atoms with Gasteiger partial charge in [-0.2, -0.15) is 0 Å². The van der Waals surface area contributed by atoms with Gasteiger partial charge in [-0.25, -0.2) is 0 Å². The summed E-state index contributed by atoms with van der Waals surface area (Å²) in [7, 11) is 0. The second-order valence-electron chi connectivity index (χ2n) is 4.58. The predicted octanol–water partition coefficient (Wildman–Crippen LogP) is 2.86. The van der Waals surface area contributed by atoms with Crippen LogP contribution in [-0.4, -0.2) is 16.4 Å². The molecule has 1 aromatic rings. The topological polar surface area (TPSA) is 34.1 Å². The second kappa shape index (κ2) is 3.52. The van der Waals surface area contributed by atoms with E-state index >= 15 is 0 Å². The number of fused-ring (bicyclic) bond motifs is 1. The Labute approximate surface area is 102 Å². The van der Waals surface area contributed by atoms with Crippen molar-refractivity contribution in [3.63, 3.8) is 0 Å². The molecule has 1 saturated carbocycles. The Morgan fingerprint density at radius 3 is 1.94 bits per heavy atom. The van der Waals surface area contributed by atoms with E-state index in [0.29, 0.717) is 16.0 Å².